The zero-order valence-electron chi connectivity index (χ0n) is 16.3. The lowest BCUT2D eigenvalue weighted by atomic mass is 9.84. The Morgan fingerprint density at radius 1 is 1.00 bits per heavy atom. The van der Waals surface area contributed by atoms with Crippen molar-refractivity contribution in [2.24, 2.45) is 0 Å². The zero-order valence-corrected chi connectivity index (χ0v) is 17.1. The number of para-hydroxylation sites is 1. The van der Waals surface area contributed by atoms with Crippen LogP contribution >= 0.6 is 0 Å². The SMILES string of the molecule is CS(=O)(=O)Cc1cccc2c(C(c3ccc(F)cc3)c3ccc(C#N)cc3)c[nH]c12. The Labute approximate surface area is 174 Å². The summed E-state index contributed by atoms with van der Waals surface area (Å²) in [5.41, 5.74) is 4.85. The van der Waals surface area contributed by atoms with Crippen molar-refractivity contribution in [1.82, 2.24) is 4.98 Å². The summed E-state index contributed by atoms with van der Waals surface area (Å²) in [6, 6.07) is 21.4. The molecule has 4 nitrogen and oxygen atoms in total. The first-order valence-electron chi connectivity index (χ1n) is 9.38. The number of nitriles is 1. The van der Waals surface area contributed by atoms with Gasteiger partial charge in [0, 0.05) is 29.3 Å². The highest BCUT2D eigenvalue weighted by Gasteiger charge is 2.22. The molecule has 1 atom stereocenters. The molecule has 1 unspecified atom stereocenters. The molecule has 1 aromatic heterocycles. The molecule has 0 spiro atoms. The van der Waals surface area contributed by atoms with Crippen LogP contribution in [0.25, 0.3) is 10.9 Å². The average Bonchev–Trinajstić information content (AvgIpc) is 3.14. The van der Waals surface area contributed by atoms with Crippen molar-refractivity contribution in [2.45, 2.75) is 11.7 Å². The van der Waals surface area contributed by atoms with Crippen LogP contribution < -0.4 is 0 Å². The van der Waals surface area contributed by atoms with E-state index in [9.17, 15) is 12.8 Å². The van der Waals surface area contributed by atoms with Gasteiger partial charge in [-0.05, 0) is 46.5 Å². The molecule has 1 N–H and O–H groups in total. The molecule has 3 aromatic carbocycles. The van der Waals surface area contributed by atoms with Gasteiger partial charge in [-0.3, -0.25) is 0 Å². The van der Waals surface area contributed by atoms with Crippen molar-refractivity contribution in [2.75, 3.05) is 6.26 Å². The first-order chi connectivity index (χ1) is 14.4. The lowest BCUT2D eigenvalue weighted by Crippen LogP contribution is -2.04. The van der Waals surface area contributed by atoms with E-state index >= 15 is 0 Å². The molecule has 0 aliphatic carbocycles. The molecule has 6 heteroatoms. The highest BCUT2D eigenvalue weighted by Crippen LogP contribution is 2.37. The van der Waals surface area contributed by atoms with E-state index in [1.54, 1.807) is 30.3 Å². The predicted octanol–water partition coefficient (Wildman–Crippen LogP) is 4.90. The van der Waals surface area contributed by atoms with Crippen molar-refractivity contribution in [3.05, 3.63) is 107 Å². The quantitative estimate of drug-likeness (QED) is 0.501. The maximum atomic E-state index is 13.6. The Hall–Kier alpha value is -3.43. The van der Waals surface area contributed by atoms with Crippen molar-refractivity contribution in [3.63, 3.8) is 0 Å². The topological polar surface area (TPSA) is 73.7 Å². The normalized spacial score (nSPS) is 12.6. The maximum absolute atomic E-state index is 13.6. The van der Waals surface area contributed by atoms with E-state index in [1.165, 1.54) is 18.4 Å². The summed E-state index contributed by atoms with van der Waals surface area (Å²) in [6.07, 6.45) is 3.09. The zero-order chi connectivity index (χ0) is 21.3. The van der Waals surface area contributed by atoms with Crippen LogP contribution in [0.2, 0.25) is 0 Å². The molecule has 0 amide bonds. The summed E-state index contributed by atoms with van der Waals surface area (Å²) in [6.45, 7) is 0. The molecule has 1 heterocycles. The van der Waals surface area contributed by atoms with Crippen LogP contribution in [0.1, 0.15) is 33.7 Å². The Morgan fingerprint density at radius 3 is 2.23 bits per heavy atom. The third-order valence-corrected chi connectivity index (χ3v) is 5.97. The third kappa shape index (κ3) is 3.98. The Kier molecular flexibility index (Phi) is 5.15. The van der Waals surface area contributed by atoms with Crippen LogP contribution in [-0.4, -0.2) is 19.7 Å². The number of nitrogens with zero attached hydrogens (tertiary/aromatic N) is 1. The van der Waals surface area contributed by atoms with Gasteiger partial charge in [0.05, 0.1) is 17.4 Å². The third-order valence-electron chi connectivity index (χ3n) is 5.14. The van der Waals surface area contributed by atoms with E-state index in [2.05, 4.69) is 11.1 Å². The summed E-state index contributed by atoms with van der Waals surface area (Å²) in [5.74, 6) is -0.574. The van der Waals surface area contributed by atoms with Crippen LogP contribution in [0.5, 0.6) is 0 Å². The fourth-order valence-corrected chi connectivity index (χ4v) is 4.64. The monoisotopic (exact) mass is 418 g/mol. The second-order valence-corrected chi connectivity index (χ2v) is 9.51. The van der Waals surface area contributed by atoms with Crippen LogP contribution in [0.4, 0.5) is 4.39 Å². The molecule has 4 aromatic rings. The molecule has 0 saturated heterocycles. The van der Waals surface area contributed by atoms with Gasteiger partial charge >= 0.3 is 0 Å². The second kappa shape index (κ2) is 7.77. The molecule has 4 rings (SSSR count). The number of benzene rings is 3. The van der Waals surface area contributed by atoms with Gasteiger partial charge in [0.1, 0.15) is 5.82 Å². The van der Waals surface area contributed by atoms with Gasteiger partial charge in [0.2, 0.25) is 0 Å². The predicted molar refractivity (Wildman–Crippen MR) is 115 cm³/mol. The molecular weight excluding hydrogens is 399 g/mol. The first-order valence-corrected chi connectivity index (χ1v) is 11.4. The van der Waals surface area contributed by atoms with Crippen molar-refractivity contribution < 1.29 is 12.8 Å². The second-order valence-electron chi connectivity index (χ2n) is 7.37. The summed E-state index contributed by atoms with van der Waals surface area (Å²) in [4.78, 5) is 3.24. The average molecular weight is 418 g/mol. The molecule has 0 aliphatic heterocycles. The number of halogens is 1. The van der Waals surface area contributed by atoms with E-state index in [0.29, 0.717) is 11.1 Å². The Bertz CT molecular complexity index is 1350. The van der Waals surface area contributed by atoms with E-state index in [-0.39, 0.29) is 17.5 Å². The first kappa shape index (κ1) is 19.9. The van der Waals surface area contributed by atoms with Gasteiger partial charge < -0.3 is 4.98 Å². The van der Waals surface area contributed by atoms with E-state index in [4.69, 9.17) is 5.26 Å². The number of fused-ring (bicyclic) bond motifs is 1. The number of aromatic amines is 1. The largest absolute Gasteiger partial charge is 0.361 e. The highest BCUT2D eigenvalue weighted by atomic mass is 32.2. The maximum Gasteiger partial charge on any atom is 0.151 e. The number of nitrogens with one attached hydrogen (secondary N) is 1. The molecule has 0 radical (unpaired) electrons. The number of sulfone groups is 1. The van der Waals surface area contributed by atoms with Crippen LogP contribution in [0.3, 0.4) is 0 Å². The fraction of sp³-hybridized carbons (Fsp3) is 0.125. The summed E-state index contributed by atoms with van der Waals surface area (Å²) < 4.78 is 37.2. The number of hydrogen-bond donors (Lipinski definition) is 1. The van der Waals surface area contributed by atoms with Gasteiger partial charge in [-0.15, -0.1) is 0 Å². The molecule has 0 bridgehead atoms. The van der Waals surface area contributed by atoms with E-state index in [0.717, 1.165) is 27.6 Å². The molecule has 0 aliphatic rings. The van der Waals surface area contributed by atoms with Gasteiger partial charge in [-0.25, -0.2) is 12.8 Å². The number of aromatic nitrogens is 1. The van der Waals surface area contributed by atoms with Crippen LogP contribution in [-0.2, 0) is 15.6 Å². The van der Waals surface area contributed by atoms with Crippen molar-refractivity contribution in [3.8, 4) is 6.07 Å². The van der Waals surface area contributed by atoms with Gasteiger partial charge in [0.25, 0.3) is 0 Å². The standard InChI is InChI=1S/C24H19FN2O2S/c1-30(28,29)15-19-3-2-4-21-22(14-27-24(19)21)23(18-9-11-20(25)12-10-18)17-7-5-16(13-26)6-8-17/h2-12,14,23,27H,15H2,1H3. The van der Waals surface area contributed by atoms with Gasteiger partial charge in [-0.1, -0.05) is 42.5 Å². The summed E-state index contributed by atoms with van der Waals surface area (Å²) in [5, 5.41) is 10.0. The molecular formula is C24H19FN2O2S. The minimum Gasteiger partial charge on any atom is -0.361 e. The lowest BCUT2D eigenvalue weighted by molar-refractivity contribution is 0.601. The van der Waals surface area contributed by atoms with Crippen molar-refractivity contribution >= 4 is 20.7 Å². The fourth-order valence-electron chi connectivity index (χ4n) is 3.84. The van der Waals surface area contributed by atoms with Crippen LogP contribution in [0, 0.1) is 17.1 Å². The summed E-state index contributed by atoms with van der Waals surface area (Å²) >= 11 is 0. The molecule has 30 heavy (non-hydrogen) atoms. The summed E-state index contributed by atoms with van der Waals surface area (Å²) in [7, 11) is -3.19. The van der Waals surface area contributed by atoms with Crippen molar-refractivity contribution in [1.29, 1.82) is 5.26 Å². The lowest BCUT2D eigenvalue weighted by Gasteiger charge is -2.18. The minimum absolute atomic E-state index is 0.0532. The molecule has 0 fully saturated rings. The van der Waals surface area contributed by atoms with Gasteiger partial charge in [0.15, 0.2) is 9.84 Å². The number of H-pyrrole nitrogens is 1. The van der Waals surface area contributed by atoms with E-state index < -0.39 is 9.84 Å². The van der Waals surface area contributed by atoms with E-state index in [1.807, 2.05) is 30.5 Å². The highest BCUT2D eigenvalue weighted by molar-refractivity contribution is 7.89. The smallest absolute Gasteiger partial charge is 0.151 e. The van der Waals surface area contributed by atoms with Crippen LogP contribution in [0.15, 0.2) is 72.9 Å². The Balaban J connectivity index is 1.91. The number of hydrogen-bond acceptors (Lipinski definition) is 3. The minimum atomic E-state index is -3.19. The number of rotatable bonds is 5. The Morgan fingerprint density at radius 2 is 1.63 bits per heavy atom. The molecule has 150 valence electrons. The molecule has 0 saturated carbocycles. The van der Waals surface area contributed by atoms with Gasteiger partial charge in [-0.2, -0.15) is 5.26 Å².